The standard InChI is InChI=1S/C16H18N2O6S/c1-23-6-5-17-14(20)9-18-15(21)13(25-16(18)22)8-10-3-4-11(19)12(7-10)24-2/h3-4,7-8,19H,5-6,9H2,1-2H3,(H,17,20)/b13-8-. The number of carbonyl (C=O) groups is 3. The van der Waals surface area contributed by atoms with Gasteiger partial charge in [0.25, 0.3) is 11.1 Å². The molecule has 0 unspecified atom stereocenters. The van der Waals surface area contributed by atoms with Gasteiger partial charge in [0, 0.05) is 13.7 Å². The number of thioether (sulfide) groups is 1. The molecule has 0 atom stereocenters. The first-order valence-electron chi connectivity index (χ1n) is 7.34. The lowest BCUT2D eigenvalue weighted by Crippen LogP contribution is -2.40. The molecule has 0 radical (unpaired) electrons. The predicted molar refractivity (Wildman–Crippen MR) is 92.2 cm³/mol. The van der Waals surface area contributed by atoms with Crippen LogP contribution in [0.2, 0.25) is 0 Å². The van der Waals surface area contributed by atoms with Crippen LogP contribution in [0.25, 0.3) is 6.08 Å². The van der Waals surface area contributed by atoms with Crippen LogP contribution in [-0.2, 0) is 14.3 Å². The third kappa shape index (κ3) is 4.74. The third-order valence-corrected chi connectivity index (χ3v) is 4.21. The minimum Gasteiger partial charge on any atom is -0.504 e. The molecule has 1 saturated heterocycles. The first kappa shape index (κ1) is 18.8. The van der Waals surface area contributed by atoms with Crippen LogP contribution in [0.4, 0.5) is 4.79 Å². The predicted octanol–water partition coefficient (Wildman–Crippen LogP) is 1.20. The number of hydrogen-bond acceptors (Lipinski definition) is 7. The van der Waals surface area contributed by atoms with E-state index in [4.69, 9.17) is 9.47 Å². The van der Waals surface area contributed by atoms with Crippen molar-refractivity contribution in [2.24, 2.45) is 0 Å². The number of nitrogens with zero attached hydrogens (tertiary/aromatic N) is 1. The Bertz CT molecular complexity index is 719. The quantitative estimate of drug-likeness (QED) is 0.552. The maximum atomic E-state index is 12.3. The van der Waals surface area contributed by atoms with E-state index in [1.54, 1.807) is 12.1 Å². The second-order valence-electron chi connectivity index (χ2n) is 5.04. The molecule has 1 aromatic carbocycles. The molecule has 0 saturated carbocycles. The number of amides is 3. The molecule has 1 aliphatic rings. The van der Waals surface area contributed by atoms with Crippen LogP contribution >= 0.6 is 11.8 Å². The van der Waals surface area contributed by atoms with E-state index in [-0.39, 0.29) is 22.9 Å². The van der Waals surface area contributed by atoms with Crippen molar-refractivity contribution in [3.05, 3.63) is 28.7 Å². The van der Waals surface area contributed by atoms with Crippen molar-refractivity contribution in [3.8, 4) is 11.5 Å². The van der Waals surface area contributed by atoms with Crippen molar-refractivity contribution >= 4 is 34.9 Å². The molecule has 1 fully saturated rings. The van der Waals surface area contributed by atoms with Crippen LogP contribution in [0, 0.1) is 0 Å². The number of benzene rings is 1. The molecule has 0 aliphatic carbocycles. The molecule has 2 rings (SSSR count). The van der Waals surface area contributed by atoms with Gasteiger partial charge >= 0.3 is 0 Å². The molecule has 0 aromatic heterocycles. The number of hydrogen-bond donors (Lipinski definition) is 2. The van der Waals surface area contributed by atoms with Gasteiger partial charge in [-0.3, -0.25) is 19.3 Å². The second-order valence-corrected chi connectivity index (χ2v) is 6.04. The average Bonchev–Trinajstić information content (AvgIpc) is 2.84. The molecule has 1 heterocycles. The fourth-order valence-corrected chi connectivity index (χ4v) is 2.90. The maximum absolute atomic E-state index is 12.3. The fourth-order valence-electron chi connectivity index (χ4n) is 2.06. The van der Waals surface area contributed by atoms with Gasteiger partial charge < -0.3 is 19.9 Å². The Kier molecular flexibility index (Phi) is 6.43. The van der Waals surface area contributed by atoms with E-state index < -0.39 is 17.1 Å². The topological polar surface area (TPSA) is 105 Å². The van der Waals surface area contributed by atoms with Gasteiger partial charge in [-0.1, -0.05) is 6.07 Å². The highest BCUT2D eigenvalue weighted by atomic mass is 32.2. The third-order valence-electron chi connectivity index (χ3n) is 3.31. The molecule has 0 spiro atoms. The Morgan fingerprint density at radius 1 is 1.36 bits per heavy atom. The zero-order chi connectivity index (χ0) is 18.4. The van der Waals surface area contributed by atoms with Crippen LogP contribution in [0.5, 0.6) is 11.5 Å². The molecule has 25 heavy (non-hydrogen) atoms. The van der Waals surface area contributed by atoms with E-state index >= 15 is 0 Å². The summed E-state index contributed by atoms with van der Waals surface area (Å²) in [6, 6.07) is 4.56. The number of phenolic OH excluding ortho intramolecular Hbond substituents is 1. The zero-order valence-electron chi connectivity index (χ0n) is 13.8. The van der Waals surface area contributed by atoms with Crippen molar-refractivity contribution in [1.29, 1.82) is 0 Å². The maximum Gasteiger partial charge on any atom is 0.294 e. The van der Waals surface area contributed by atoms with Crippen molar-refractivity contribution < 1.29 is 29.0 Å². The molecular weight excluding hydrogens is 348 g/mol. The molecule has 1 aliphatic heterocycles. The van der Waals surface area contributed by atoms with Crippen molar-refractivity contribution in [1.82, 2.24) is 10.2 Å². The Hall–Kier alpha value is -2.52. The summed E-state index contributed by atoms with van der Waals surface area (Å²) in [5.41, 5.74) is 0.588. The van der Waals surface area contributed by atoms with E-state index in [0.717, 1.165) is 16.7 Å². The lowest BCUT2D eigenvalue weighted by atomic mass is 10.2. The average molecular weight is 366 g/mol. The monoisotopic (exact) mass is 366 g/mol. The van der Waals surface area contributed by atoms with Crippen molar-refractivity contribution in [2.45, 2.75) is 0 Å². The minimum atomic E-state index is -0.538. The van der Waals surface area contributed by atoms with Crippen LogP contribution in [0.15, 0.2) is 23.1 Å². The van der Waals surface area contributed by atoms with Gasteiger partial charge in [0.15, 0.2) is 11.5 Å². The summed E-state index contributed by atoms with van der Waals surface area (Å²) in [6.45, 7) is 0.301. The Labute approximate surface area is 148 Å². The largest absolute Gasteiger partial charge is 0.504 e. The Morgan fingerprint density at radius 3 is 2.80 bits per heavy atom. The highest BCUT2D eigenvalue weighted by molar-refractivity contribution is 8.18. The Morgan fingerprint density at radius 2 is 2.12 bits per heavy atom. The number of imide groups is 1. The summed E-state index contributed by atoms with van der Waals surface area (Å²) in [6.07, 6.45) is 1.51. The molecule has 3 amide bonds. The van der Waals surface area contributed by atoms with E-state index in [1.807, 2.05) is 0 Å². The number of aromatic hydroxyl groups is 1. The summed E-state index contributed by atoms with van der Waals surface area (Å²) in [7, 11) is 2.92. The summed E-state index contributed by atoms with van der Waals surface area (Å²) in [5, 5.41) is 11.6. The number of ether oxygens (including phenoxy) is 2. The number of carbonyl (C=O) groups excluding carboxylic acids is 3. The summed E-state index contributed by atoms with van der Waals surface area (Å²) >= 11 is 0.755. The summed E-state index contributed by atoms with van der Waals surface area (Å²) in [4.78, 5) is 37.2. The first-order chi connectivity index (χ1) is 12.0. The number of methoxy groups -OCH3 is 2. The van der Waals surface area contributed by atoms with Gasteiger partial charge in [-0.15, -0.1) is 0 Å². The molecule has 0 bridgehead atoms. The number of phenols is 1. The van der Waals surface area contributed by atoms with E-state index in [0.29, 0.717) is 18.7 Å². The van der Waals surface area contributed by atoms with Crippen molar-refractivity contribution in [2.75, 3.05) is 33.9 Å². The molecular formula is C16H18N2O6S. The number of nitrogens with one attached hydrogen (secondary N) is 1. The van der Waals surface area contributed by atoms with Crippen LogP contribution < -0.4 is 10.1 Å². The summed E-state index contributed by atoms with van der Waals surface area (Å²) < 4.78 is 9.82. The highest BCUT2D eigenvalue weighted by Gasteiger charge is 2.36. The molecule has 9 heteroatoms. The SMILES string of the molecule is COCCNC(=O)CN1C(=O)S/C(=C\c2ccc(O)c(OC)c2)C1=O. The smallest absolute Gasteiger partial charge is 0.294 e. The molecule has 1 aromatic rings. The summed E-state index contributed by atoms with van der Waals surface area (Å²) in [5.74, 6) is -0.748. The number of rotatable bonds is 7. The van der Waals surface area contributed by atoms with Crippen LogP contribution in [0.3, 0.4) is 0 Å². The van der Waals surface area contributed by atoms with Gasteiger partial charge in [-0.25, -0.2) is 0 Å². The minimum absolute atomic E-state index is 0.0273. The lowest BCUT2D eigenvalue weighted by molar-refractivity contribution is -0.129. The van der Waals surface area contributed by atoms with Crippen LogP contribution in [-0.4, -0.2) is 61.0 Å². The fraction of sp³-hybridized carbons (Fsp3) is 0.312. The molecule has 134 valence electrons. The normalized spacial score (nSPS) is 15.8. The van der Waals surface area contributed by atoms with Gasteiger partial charge in [-0.05, 0) is 35.5 Å². The zero-order valence-corrected chi connectivity index (χ0v) is 14.6. The Balaban J connectivity index is 2.08. The molecule has 8 nitrogen and oxygen atoms in total. The lowest BCUT2D eigenvalue weighted by Gasteiger charge is -2.12. The van der Waals surface area contributed by atoms with E-state index in [9.17, 15) is 19.5 Å². The second kappa shape index (κ2) is 8.54. The van der Waals surface area contributed by atoms with Crippen molar-refractivity contribution in [3.63, 3.8) is 0 Å². The van der Waals surface area contributed by atoms with Gasteiger partial charge in [0.05, 0.1) is 18.6 Å². The first-order valence-corrected chi connectivity index (χ1v) is 8.16. The van der Waals surface area contributed by atoms with Gasteiger partial charge in [0.1, 0.15) is 6.54 Å². The van der Waals surface area contributed by atoms with E-state index in [1.165, 1.54) is 26.4 Å². The van der Waals surface area contributed by atoms with Crippen LogP contribution in [0.1, 0.15) is 5.56 Å². The van der Waals surface area contributed by atoms with Gasteiger partial charge in [-0.2, -0.15) is 0 Å². The molecule has 2 N–H and O–H groups in total. The van der Waals surface area contributed by atoms with Gasteiger partial charge in [0.2, 0.25) is 5.91 Å². The van der Waals surface area contributed by atoms with E-state index in [2.05, 4.69) is 5.32 Å². The highest BCUT2D eigenvalue weighted by Crippen LogP contribution is 2.33.